The molecule has 1 heterocycles. The molecule has 166 valence electrons. The first kappa shape index (κ1) is 20.6. The first-order valence-corrected chi connectivity index (χ1v) is 11.9. The monoisotopic (exact) mass is 440 g/mol. The van der Waals surface area contributed by atoms with Gasteiger partial charge in [0.2, 0.25) is 0 Å². The second-order valence-electron chi connectivity index (χ2n) is 9.55. The Hall–Kier alpha value is -4.04. The van der Waals surface area contributed by atoms with Crippen LogP contribution in [0.1, 0.15) is 30.5 Å². The second kappa shape index (κ2) is 8.07. The highest BCUT2D eigenvalue weighted by Gasteiger charge is 2.35. The molecule has 0 aliphatic heterocycles. The molecular weight excluding hydrogens is 412 g/mol. The van der Waals surface area contributed by atoms with Crippen molar-refractivity contribution >= 4 is 17.2 Å². The Balaban J connectivity index is 1.49. The van der Waals surface area contributed by atoms with E-state index in [1.54, 1.807) is 0 Å². The van der Waals surface area contributed by atoms with E-state index in [1.165, 1.54) is 33.5 Å². The molecule has 0 N–H and O–H groups in total. The van der Waals surface area contributed by atoms with E-state index in [0.29, 0.717) is 0 Å². The standard InChI is InChI=1S/C32H28N2/c1-32(2)29-17-10-9-16-27(29)28-20-19-26(22-30(28)32)34(25-14-7-4-8-15-25)31-18-11-21-33(31)23-24-12-5-3-6-13-24/h3-22H,23H2,1-2H3. The van der Waals surface area contributed by atoms with Crippen LogP contribution in [-0.2, 0) is 12.0 Å². The van der Waals surface area contributed by atoms with Crippen LogP contribution in [0.4, 0.5) is 17.2 Å². The molecule has 0 spiro atoms. The number of para-hydroxylation sites is 1. The fourth-order valence-electron chi connectivity index (χ4n) is 5.34. The van der Waals surface area contributed by atoms with Crippen LogP contribution in [0.5, 0.6) is 0 Å². The lowest BCUT2D eigenvalue weighted by atomic mass is 9.82. The summed E-state index contributed by atoms with van der Waals surface area (Å²) < 4.78 is 2.33. The van der Waals surface area contributed by atoms with Crippen molar-refractivity contribution in [3.8, 4) is 11.1 Å². The van der Waals surface area contributed by atoms with Crippen molar-refractivity contribution in [3.63, 3.8) is 0 Å². The molecule has 1 aliphatic carbocycles. The van der Waals surface area contributed by atoms with E-state index < -0.39 is 0 Å². The third kappa shape index (κ3) is 3.34. The Kier molecular flexibility index (Phi) is 4.88. The quantitative estimate of drug-likeness (QED) is 0.267. The number of fused-ring (bicyclic) bond motifs is 3. The van der Waals surface area contributed by atoms with Crippen molar-refractivity contribution in [2.75, 3.05) is 4.90 Å². The van der Waals surface area contributed by atoms with Crippen LogP contribution in [0.3, 0.4) is 0 Å². The summed E-state index contributed by atoms with van der Waals surface area (Å²) >= 11 is 0. The van der Waals surface area contributed by atoms with Crippen molar-refractivity contribution in [2.45, 2.75) is 25.8 Å². The fourth-order valence-corrected chi connectivity index (χ4v) is 5.34. The van der Waals surface area contributed by atoms with Gasteiger partial charge < -0.3 is 4.57 Å². The van der Waals surface area contributed by atoms with Crippen molar-refractivity contribution in [2.24, 2.45) is 0 Å². The molecule has 0 unspecified atom stereocenters. The second-order valence-corrected chi connectivity index (χ2v) is 9.55. The molecule has 6 rings (SSSR count). The molecule has 0 fully saturated rings. The lowest BCUT2D eigenvalue weighted by Gasteiger charge is -2.29. The van der Waals surface area contributed by atoms with E-state index >= 15 is 0 Å². The van der Waals surface area contributed by atoms with E-state index in [2.05, 4.69) is 145 Å². The first-order valence-electron chi connectivity index (χ1n) is 11.9. The molecule has 0 saturated heterocycles. The maximum absolute atomic E-state index is 2.39. The van der Waals surface area contributed by atoms with Gasteiger partial charge in [-0.15, -0.1) is 0 Å². The SMILES string of the molecule is CC1(C)c2ccccc2-c2ccc(N(c3ccccc3)c3cccn3Cc3ccccc3)cc21. The predicted molar refractivity (Wildman–Crippen MR) is 142 cm³/mol. The molecule has 2 heteroatoms. The summed E-state index contributed by atoms with van der Waals surface area (Å²) in [4.78, 5) is 2.38. The van der Waals surface area contributed by atoms with Crippen LogP contribution >= 0.6 is 0 Å². The van der Waals surface area contributed by atoms with Crippen molar-refractivity contribution in [3.05, 3.63) is 138 Å². The summed E-state index contributed by atoms with van der Waals surface area (Å²) in [6, 6.07) is 41.5. The Bertz CT molecular complexity index is 1450. The fraction of sp³-hybridized carbons (Fsp3) is 0.125. The van der Waals surface area contributed by atoms with E-state index in [4.69, 9.17) is 0 Å². The first-order chi connectivity index (χ1) is 16.6. The molecule has 0 bridgehead atoms. The molecule has 34 heavy (non-hydrogen) atoms. The normalized spacial score (nSPS) is 13.4. The number of hydrogen-bond donors (Lipinski definition) is 0. The van der Waals surface area contributed by atoms with Gasteiger partial charge in [-0.1, -0.05) is 92.7 Å². The summed E-state index contributed by atoms with van der Waals surface area (Å²) in [5, 5.41) is 0. The molecule has 0 amide bonds. The summed E-state index contributed by atoms with van der Waals surface area (Å²) in [5.41, 5.74) is 9.08. The van der Waals surface area contributed by atoms with Crippen LogP contribution in [-0.4, -0.2) is 4.57 Å². The Labute approximate surface area is 201 Å². The molecule has 2 nitrogen and oxygen atoms in total. The van der Waals surface area contributed by atoms with Crippen LogP contribution in [0.15, 0.2) is 121 Å². The predicted octanol–water partition coefficient (Wildman–Crippen LogP) is 8.31. The van der Waals surface area contributed by atoms with Crippen LogP contribution < -0.4 is 4.90 Å². The highest BCUT2D eigenvalue weighted by Crippen LogP contribution is 2.50. The highest BCUT2D eigenvalue weighted by molar-refractivity contribution is 5.85. The van der Waals surface area contributed by atoms with Crippen LogP contribution in [0, 0.1) is 0 Å². The van der Waals surface area contributed by atoms with Gasteiger partial charge in [0.1, 0.15) is 5.82 Å². The minimum atomic E-state index is -0.0314. The van der Waals surface area contributed by atoms with Gasteiger partial charge >= 0.3 is 0 Å². The van der Waals surface area contributed by atoms with Gasteiger partial charge in [0, 0.05) is 29.5 Å². The van der Waals surface area contributed by atoms with E-state index in [1.807, 2.05) is 0 Å². The minimum Gasteiger partial charge on any atom is -0.330 e. The Morgan fingerprint density at radius 1 is 0.618 bits per heavy atom. The molecule has 0 saturated carbocycles. The zero-order chi connectivity index (χ0) is 23.1. The van der Waals surface area contributed by atoms with Gasteiger partial charge in [0.25, 0.3) is 0 Å². The molecular formula is C32H28N2. The maximum Gasteiger partial charge on any atom is 0.117 e. The molecule has 4 aromatic carbocycles. The third-order valence-corrected chi connectivity index (χ3v) is 7.07. The van der Waals surface area contributed by atoms with Crippen molar-refractivity contribution in [1.82, 2.24) is 4.57 Å². The number of benzene rings is 4. The van der Waals surface area contributed by atoms with Gasteiger partial charge in [0.15, 0.2) is 0 Å². The summed E-state index contributed by atoms with van der Waals surface area (Å²) in [6.07, 6.45) is 2.17. The minimum absolute atomic E-state index is 0.0314. The lowest BCUT2D eigenvalue weighted by Crippen LogP contribution is -2.18. The smallest absolute Gasteiger partial charge is 0.117 e. The van der Waals surface area contributed by atoms with Gasteiger partial charge in [0.05, 0.1) is 0 Å². The highest BCUT2D eigenvalue weighted by atomic mass is 15.2. The summed E-state index contributed by atoms with van der Waals surface area (Å²) in [6.45, 7) is 5.51. The van der Waals surface area contributed by atoms with Gasteiger partial charge in [-0.3, -0.25) is 4.90 Å². The Morgan fingerprint density at radius 3 is 2.09 bits per heavy atom. The zero-order valence-corrected chi connectivity index (χ0v) is 19.6. The number of hydrogen-bond acceptors (Lipinski definition) is 1. The summed E-state index contributed by atoms with van der Waals surface area (Å²) in [7, 11) is 0. The molecule has 1 aromatic heterocycles. The van der Waals surface area contributed by atoms with E-state index in [0.717, 1.165) is 18.1 Å². The lowest BCUT2D eigenvalue weighted by molar-refractivity contribution is 0.660. The largest absolute Gasteiger partial charge is 0.330 e. The molecule has 1 aliphatic rings. The van der Waals surface area contributed by atoms with Crippen molar-refractivity contribution in [1.29, 1.82) is 0 Å². The van der Waals surface area contributed by atoms with Gasteiger partial charge in [-0.2, -0.15) is 0 Å². The average Bonchev–Trinajstić information content (AvgIpc) is 3.41. The molecule has 0 radical (unpaired) electrons. The average molecular weight is 441 g/mol. The van der Waals surface area contributed by atoms with Crippen LogP contribution in [0.25, 0.3) is 11.1 Å². The maximum atomic E-state index is 2.39. The van der Waals surface area contributed by atoms with Crippen molar-refractivity contribution < 1.29 is 0 Å². The topological polar surface area (TPSA) is 8.17 Å². The Morgan fingerprint density at radius 2 is 1.29 bits per heavy atom. The number of aromatic nitrogens is 1. The van der Waals surface area contributed by atoms with Gasteiger partial charge in [-0.05, 0) is 64.2 Å². The van der Waals surface area contributed by atoms with Gasteiger partial charge in [-0.25, -0.2) is 0 Å². The summed E-state index contributed by atoms with van der Waals surface area (Å²) in [5.74, 6) is 1.16. The number of anilines is 3. The third-order valence-electron chi connectivity index (χ3n) is 7.07. The number of rotatable bonds is 5. The van der Waals surface area contributed by atoms with E-state index in [9.17, 15) is 0 Å². The van der Waals surface area contributed by atoms with E-state index in [-0.39, 0.29) is 5.41 Å². The molecule has 0 atom stereocenters. The number of nitrogens with zero attached hydrogens (tertiary/aromatic N) is 2. The molecule has 5 aromatic rings. The zero-order valence-electron chi connectivity index (χ0n) is 19.6. The van der Waals surface area contributed by atoms with Crippen LogP contribution in [0.2, 0.25) is 0 Å².